The molecule has 0 bridgehead atoms. The third kappa shape index (κ3) is 3.87. The molecule has 0 aromatic heterocycles. The number of carbonyl (C=O) groups is 1. The van der Waals surface area contributed by atoms with E-state index in [0.29, 0.717) is 12.0 Å². The molecule has 1 aromatic carbocycles. The second-order valence-corrected chi connectivity index (χ2v) is 6.64. The van der Waals surface area contributed by atoms with Gasteiger partial charge in [0.05, 0.1) is 6.04 Å². The zero-order chi connectivity index (χ0) is 17.4. The van der Waals surface area contributed by atoms with Gasteiger partial charge in [0.25, 0.3) is 0 Å². The molecule has 1 amide bonds. The molecular weight excluding hydrogens is 339 g/mol. The molecule has 1 aromatic rings. The van der Waals surface area contributed by atoms with E-state index in [1.54, 1.807) is 6.92 Å². The Morgan fingerprint density at radius 3 is 2.65 bits per heavy atom. The molecule has 128 valence electrons. The summed E-state index contributed by atoms with van der Waals surface area (Å²) in [6.07, 6.45) is 0.0340. The Kier molecular flexibility index (Phi) is 4.47. The third-order valence-corrected chi connectivity index (χ3v) is 4.19. The molecule has 1 N–H and O–H groups in total. The Bertz CT molecular complexity index is 717. The fourth-order valence-corrected chi connectivity index (χ4v) is 2.60. The minimum Gasteiger partial charge on any atom is -0.488 e. The van der Waals surface area contributed by atoms with Crippen LogP contribution in [0, 0.1) is 0 Å². The number of ether oxygens (including phenoxy) is 1. The monoisotopic (exact) mass is 353 g/mol. The van der Waals surface area contributed by atoms with Gasteiger partial charge in [0.1, 0.15) is 17.6 Å². The van der Waals surface area contributed by atoms with E-state index in [9.17, 15) is 26.4 Å². The second kappa shape index (κ2) is 5.91. The zero-order valence-electron chi connectivity index (χ0n) is 12.2. The van der Waals surface area contributed by atoms with E-state index in [4.69, 9.17) is 4.74 Å². The fourth-order valence-electron chi connectivity index (χ4n) is 2.15. The van der Waals surface area contributed by atoms with Crippen molar-refractivity contribution in [3.63, 3.8) is 0 Å². The van der Waals surface area contributed by atoms with E-state index in [-0.39, 0.29) is 17.7 Å². The van der Waals surface area contributed by atoms with E-state index in [0.717, 1.165) is 12.1 Å². The molecule has 0 spiro atoms. The van der Waals surface area contributed by atoms with Crippen molar-refractivity contribution in [2.45, 2.75) is 37.9 Å². The van der Waals surface area contributed by atoms with Crippen LogP contribution in [-0.4, -0.2) is 32.0 Å². The van der Waals surface area contributed by atoms with Crippen molar-refractivity contribution in [1.82, 2.24) is 5.32 Å². The van der Waals surface area contributed by atoms with Crippen LogP contribution in [0.1, 0.15) is 19.4 Å². The van der Waals surface area contributed by atoms with Crippen molar-refractivity contribution >= 4 is 16.0 Å². The maximum atomic E-state index is 12.3. The average Bonchev–Trinajstić information content (AvgIpc) is 2.79. The summed E-state index contributed by atoms with van der Waals surface area (Å²) < 4.78 is 68.4. The smallest absolute Gasteiger partial charge is 0.488 e. The van der Waals surface area contributed by atoms with Crippen LogP contribution in [0.15, 0.2) is 18.2 Å². The van der Waals surface area contributed by atoms with Gasteiger partial charge >= 0.3 is 15.6 Å². The number of hydrogen-bond acceptors (Lipinski definition) is 5. The molecule has 1 unspecified atom stereocenters. The topological polar surface area (TPSA) is 81.7 Å². The minimum absolute atomic E-state index is 0.224. The van der Waals surface area contributed by atoms with Crippen LogP contribution in [0.4, 0.5) is 13.2 Å². The largest absolute Gasteiger partial charge is 0.534 e. The van der Waals surface area contributed by atoms with Crippen LogP contribution in [0.3, 0.4) is 0 Å². The Morgan fingerprint density at radius 1 is 1.43 bits per heavy atom. The highest BCUT2D eigenvalue weighted by Gasteiger charge is 2.48. The summed E-state index contributed by atoms with van der Waals surface area (Å²) in [5.74, 6) is -0.506. The number of carbonyl (C=O) groups excluding carboxylic acids is 1. The predicted molar refractivity (Wildman–Crippen MR) is 73.4 cm³/mol. The van der Waals surface area contributed by atoms with Gasteiger partial charge in [0.2, 0.25) is 5.91 Å². The molecular formula is C13H14F3NO5S. The number of amides is 1. The first-order valence-electron chi connectivity index (χ1n) is 6.57. The van der Waals surface area contributed by atoms with E-state index >= 15 is 0 Å². The van der Waals surface area contributed by atoms with Crippen molar-refractivity contribution in [3.05, 3.63) is 23.8 Å². The van der Waals surface area contributed by atoms with Crippen LogP contribution >= 0.6 is 0 Å². The number of fused-ring (bicyclic) bond motifs is 1. The predicted octanol–water partition coefficient (Wildman–Crippen LogP) is 1.74. The molecule has 1 aliphatic heterocycles. The summed E-state index contributed by atoms with van der Waals surface area (Å²) in [5.41, 5.74) is -4.82. The molecule has 2 atom stereocenters. The van der Waals surface area contributed by atoms with Crippen LogP contribution < -0.4 is 14.2 Å². The second-order valence-electron chi connectivity index (χ2n) is 5.10. The molecule has 0 aliphatic carbocycles. The summed E-state index contributed by atoms with van der Waals surface area (Å²) in [6.45, 7) is 3.08. The Morgan fingerprint density at radius 2 is 2.09 bits per heavy atom. The van der Waals surface area contributed by atoms with Gasteiger partial charge in [-0.05, 0) is 18.6 Å². The normalized spacial score (nSPS) is 18.7. The molecule has 23 heavy (non-hydrogen) atoms. The van der Waals surface area contributed by atoms with Gasteiger partial charge < -0.3 is 14.2 Å². The van der Waals surface area contributed by atoms with Crippen molar-refractivity contribution in [2.75, 3.05) is 0 Å². The van der Waals surface area contributed by atoms with Gasteiger partial charge in [-0.3, -0.25) is 4.79 Å². The van der Waals surface area contributed by atoms with Gasteiger partial charge in [0.15, 0.2) is 0 Å². The van der Waals surface area contributed by atoms with Gasteiger partial charge in [-0.1, -0.05) is 6.07 Å². The van der Waals surface area contributed by atoms with Crippen molar-refractivity contribution in [2.24, 2.45) is 0 Å². The molecule has 0 saturated carbocycles. The lowest BCUT2D eigenvalue weighted by Crippen LogP contribution is -2.42. The standard InChI is InChI=1S/C13H14F3NO5S/c1-7(17-8(2)18)11-5-9-3-4-10(6-12(9)21-11)22-23(19,20)13(14,15)16/h3-4,6-7,11H,5H2,1-2H3,(H,17,18)/t7-,11?/m1/s1. The first-order chi connectivity index (χ1) is 10.5. The number of rotatable bonds is 4. The number of halogens is 3. The van der Waals surface area contributed by atoms with E-state index in [1.165, 1.54) is 13.0 Å². The lowest BCUT2D eigenvalue weighted by atomic mass is 10.1. The van der Waals surface area contributed by atoms with Crippen LogP contribution in [0.25, 0.3) is 0 Å². The first-order valence-corrected chi connectivity index (χ1v) is 7.98. The zero-order valence-corrected chi connectivity index (χ0v) is 13.0. The molecule has 6 nitrogen and oxygen atoms in total. The van der Waals surface area contributed by atoms with Gasteiger partial charge in [-0.15, -0.1) is 0 Å². The Balaban J connectivity index is 2.14. The fraction of sp³-hybridized carbons (Fsp3) is 0.462. The molecule has 0 radical (unpaired) electrons. The van der Waals surface area contributed by atoms with E-state index in [2.05, 4.69) is 9.50 Å². The number of hydrogen-bond donors (Lipinski definition) is 1. The molecule has 1 heterocycles. The summed E-state index contributed by atoms with van der Waals surface area (Å²) in [5, 5.41) is 2.65. The van der Waals surface area contributed by atoms with Gasteiger partial charge in [0, 0.05) is 19.4 Å². The molecule has 0 fully saturated rings. The average molecular weight is 353 g/mol. The molecule has 2 rings (SSSR count). The lowest BCUT2D eigenvalue weighted by Gasteiger charge is -2.19. The van der Waals surface area contributed by atoms with Crippen molar-refractivity contribution in [3.8, 4) is 11.5 Å². The van der Waals surface area contributed by atoms with Crippen molar-refractivity contribution < 1.29 is 35.3 Å². The summed E-state index contributed by atoms with van der Waals surface area (Å²) in [7, 11) is -5.73. The Labute approximate surface area is 130 Å². The van der Waals surface area contributed by atoms with E-state index in [1.807, 2.05) is 0 Å². The molecule has 0 saturated heterocycles. The van der Waals surface area contributed by atoms with Gasteiger partial charge in [-0.2, -0.15) is 21.6 Å². The first kappa shape index (κ1) is 17.4. The maximum Gasteiger partial charge on any atom is 0.534 e. The molecule has 10 heteroatoms. The molecule has 1 aliphatic rings. The van der Waals surface area contributed by atoms with Gasteiger partial charge in [-0.25, -0.2) is 0 Å². The summed E-state index contributed by atoms with van der Waals surface area (Å²) in [6, 6.07) is 3.32. The van der Waals surface area contributed by atoms with E-state index < -0.39 is 27.5 Å². The van der Waals surface area contributed by atoms with Crippen molar-refractivity contribution in [1.29, 1.82) is 0 Å². The highest BCUT2D eigenvalue weighted by Crippen LogP contribution is 2.35. The highest BCUT2D eigenvalue weighted by atomic mass is 32.2. The summed E-state index contributed by atoms with van der Waals surface area (Å²) in [4.78, 5) is 11.0. The highest BCUT2D eigenvalue weighted by molar-refractivity contribution is 7.88. The quantitative estimate of drug-likeness (QED) is 0.659. The maximum absolute atomic E-state index is 12.3. The number of alkyl halides is 3. The minimum atomic E-state index is -5.73. The SMILES string of the molecule is CC(=O)N[C@H](C)C1Cc2ccc(OS(=O)(=O)C(F)(F)F)cc2O1. The number of benzene rings is 1. The Hall–Kier alpha value is -1.97. The van der Waals surface area contributed by atoms with Crippen LogP contribution in [0.2, 0.25) is 0 Å². The lowest BCUT2D eigenvalue weighted by molar-refractivity contribution is -0.120. The third-order valence-electron chi connectivity index (χ3n) is 3.22. The number of nitrogens with one attached hydrogen (secondary N) is 1. The van der Waals surface area contributed by atoms with Crippen LogP contribution in [-0.2, 0) is 21.3 Å². The van der Waals surface area contributed by atoms with Crippen LogP contribution in [0.5, 0.6) is 11.5 Å². The summed E-state index contributed by atoms with van der Waals surface area (Å²) >= 11 is 0.